The van der Waals surface area contributed by atoms with Crippen molar-refractivity contribution in [1.82, 2.24) is 10.2 Å². The summed E-state index contributed by atoms with van der Waals surface area (Å²) in [5.74, 6) is 1.72. The first-order valence-corrected chi connectivity index (χ1v) is 7.19. The Morgan fingerprint density at radius 2 is 2.00 bits per heavy atom. The van der Waals surface area contributed by atoms with Gasteiger partial charge >= 0.3 is 0 Å². The Hall–Kier alpha value is -0.870. The molecule has 1 aliphatic carbocycles. The lowest BCUT2D eigenvalue weighted by molar-refractivity contribution is 0.202. The first kappa shape index (κ1) is 14.5. The number of nitrogens with zero attached hydrogens (tertiary/aromatic N) is 3. The molecule has 1 unspecified atom stereocenters. The van der Waals surface area contributed by atoms with Gasteiger partial charge in [-0.2, -0.15) is 0 Å². The molecule has 0 radical (unpaired) electrons. The highest BCUT2D eigenvalue weighted by atomic mass is 35.5. The number of ether oxygens (including phenoxy) is 1. The second-order valence-electron chi connectivity index (χ2n) is 5.33. The fraction of sp³-hybridized carbons (Fsp3) is 0.714. The van der Waals surface area contributed by atoms with E-state index in [1.54, 1.807) is 7.11 Å². The van der Waals surface area contributed by atoms with Crippen molar-refractivity contribution in [2.24, 2.45) is 5.92 Å². The zero-order valence-electron chi connectivity index (χ0n) is 12.1. The van der Waals surface area contributed by atoms with Gasteiger partial charge in [0.25, 0.3) is 0 Å². The van der Waals surface area contributed by atoms with Gasteiger partial charge in [0, 0.05) is 19.7 Å². The molecule has 0 bridgehead atoms. The SMILES string of the molecule is COCCN(c1nnc(Cl)c(C)c1C)C(C)C1CC1. The summed E-state index contributed by atoms with van der Waals surface area (Å²) in [5, 5.41) is 8.87. The highest BCUT2D eigenvalue weighted by molar-refractivity contribution is 6.30. The molecule has 19 heavy (non-hydrogen) atoms. The largest absolute Gasteiger partial charge is 0.383 e. The second kappa shape index (κ2) is 6.06. The van der Waals surface area contributed by atoms with E-state index in [0.29, 0.717) is 17.8 Å². The molecule has 0 N–H and O–H groups in total. The normalized spacial score (nSPS) is 16.5. The predicted molar refractivity (Wildman–Crippen MR) is 77.9 cm³/mol. The summed E-state index contributed by atoms with van der Waals surface area (Å²) in [6.07, 6.45) is 2.62. The number of methoxy groups -OCH3 is 1. The number of rotatable bonds is 6. The van der Waals surface area contributed by atoms with Gasteiger partial charge in [0.15, 0.2) is 11.0 Å². The molecule has 0 amide bonds. The number of anilines is 1. The van der Waals surface area contributed by atoms with Crippen molar-refractivity contribution in [3.63, 3.8) is 0 Å². The van der Waals surface area contributed by atoms with Crippen LogP contribution in [0.3, 0.4) is 0 Å². The summed E-state index contributed by atoms with van der Waals surface area (Å²) in [7, 11) is 1.73. The fourth-order valence-electron chi connectivity index (χ4n) is 2.36. The average Bonchev–Trinajstić information content (AvgIpc) is 3.22. The summed E-state index contributed by atoms with van der Waals surface area (Å²) in [4.78, 5) is 2.31. The summed E-state index contributed by atoms with van der Waals surface area (Å²) in [5.41, 5.74) is 2.13. The molecule has 1 saturated carbocycles. The van der Waals surface area contributed by atoms with Crippen molar-refractivity contribution in [2.75, 3.05) is 25.2 Å². The lowest BCUT2D eigenvalue weighted by atomic mass is 10.1. The van der Waals surface area contributed by atoms with Crippen LogP contribution in [0.5, 0.6) is 0 Å². The number of hydrogen-bond donors (Lipinski definition) is 0. The third kappa shape index (κ3) is 3.18. The Morgan fingerprint density at radius 1 is 1.32 bits per heavy atom. The van der Waals surface area contributed by atoms with Gasteiger partial charge in [0.05, 0.1) is 6.61 Å². The van der Waals surface area contributed by atoms with Crippen LogP contribution in [0.15, 0.2) is 0 Å². The number of hydrogen-bond acceptors (Lipinski definition) is 4. The van der Waals surface area contributed by atoms with E-state index in [4.69, 9.17) is 16.3 Å². The zero-order chi connectivity index (χ0) is 14.0. The van der Waals surface area contributed by atoms with Crippen molar-refractivity contribution >= 4 is 17.4 Å². The highest BCUT2D eigenvalue weighted by Gasteiger charge is 2.33. The van der Waals surface area contributed by atoms with Crippen LogP contribution >= 0.6 is 11.6 Å². The molecule has 0 spiro atoms. The van der Waals surface area contributed by atoms with Crippen molar-refractivity contribution in [2.45, 2.75) is 39.7 Å². The van der Waals surface area contributed by atoms with Crippen LogP contribution in [-0.2, 0) is 4.74 Å². The lowest BCUT2D eigenvalue weighted by Gasteiger charge is -2.31. The van der Waals surface area contributed by atoms with Crippen LogP contribution in [0, 0.1) is 19.8 Å². The van der Waals surface area contributed by atoms with Gasteiger partial charge in [0.2, 0.25) is 0 Å². The Kier molecular flexibility index (Phi) is 4.63. The molecule has 5 heteroatoms. The molecule has 0 aromatic carbocycles. The van der Waals surface area contributed by atoms with Crippen molar-refractivity contribution < 1.29 is 4.74 Å². The van der Waals surface area contributed by atoms with Gasteiger partial charge < -0.3 is 9.64 Å². The molecule has 1 fully saturated rings. The minimum Gasteiger partial charge on any atom is -0.383 e. The minimum absolute atomic E-state index is 0.476. The van der Waals surface area contributed by atoms with E-state index < -0.39 is 0 Å². The maximum absolute atomic E-state index is 6.03. The third-order valence-electron chi connectivity index (χ3n) is 4.04. The Labute approximate surface area is 120 Å². The maximum atomic E-state index is 6.03. The molecule has 2 rings (SSSR count). The van der Waals surface area contributed by atoms with Crippen molar-refractivity contribution in [1.29, 1.82) is 0 Å². The van der Waals surface area contributed by atoms with Gasteiger partial charge in [-0.25, -0.2) is 0 Å². The molecule has 1 aliphatic rings. The molecule has 0 aliphatic heterocycles. The van der Waals surface area contributed by atoms with Gasteiger partial charge in [-0.3, -0.25) is 0 Å². The van der Waals surface area contributed by atoms with E-state index in [1.165, 1.54) is 12.8 Å². The number of aromatic nitrogens is 2. The van der Waals surface area contributed by atoms with Crippen LogP contribution < -0.4 is 4.90 Å². The Bertz CT molecular complexity index is 449. The lowest BCUT2D eigenvalue weighted by Crippen LogP contribution is -2.38. The molecule has 4 nitrogen and oxygen atoms in total. The first-order chi connectivity index (χ1) is 9.06. The number of halogens is 1. The van der Waals surface area contributed by atoms with E-state index in [1.807, 2.05) is 6.92 Å². The monoisotopic (exact) mass is 283 g/mol. The molecule has 1 aromatic heterocycles. The third-order valence-corrected chi connectivity index (χ3v) is 4.40. The molecular weight excluding hydrogens is 262 g/mol. The van der Waals surface area contributed by atoms with Crippen molar-refractivity contribution in [3.05, 3.63) is 16.3 Å². The standard InChI is InChI=1S/C14H22ClN3O/c1-9-10(2)14(17-16-13(9)15)18(7-8-19-4)11(3)12-5-6-12/h11-12H,5-8H2,1-4H3. The molecule has 1 aromatic rings. The summed E-state index contributed by atoms with van der Waals surface area (Å²) < 4.78 is 5.22. The first-order valence-electron chi connectivity index (χ1n) is 6.81. The van der Waals surface area contributed by atoms with Crippen molar-refractivity contribution in [3.8, 4) is 0 Å². The average molecular weight is 284 g/mol. The van der Waals surface area contributed by atoms with E-state index in [2.05, 4.69) is 28.9 Å². The smallest absolute Gasteiger partial charge is 0.155 e. The topological polar surface area (TPSA) is 38.2 Å². The van der Waals surface area contributed by atoms with E-state index >= 15 is 0 Å². The van der Waals surface area contributed by atoms with E-state index in [0.717, 1.165) is 29.4 Å². The van der Waals surface area contributed by atoms with Gasteiger partial charge in [0.1, 0.15) is 0 Å². The molecule has 0 saturated heterocycles. The fourth-order valence-corrected chi connectivity index (χ4v) is 2.54. The van der Waals surface area contributed by atoms with Gasteiger partial charge in [-0.1, -0.05) is 11.6 Å². The summed E-state index contributed by atoms with van der Waals surface area (Å²) in [6.45, 7) is 7.85. The molecule has 1 heterocycles. The predicted octanol–water partition coefficient (Wildman–Crippen LogP) is 3.00. The second-order valence-corrected chi connectivity index (χ2v) is 5.69. The van der Waals surface area contributed by atoms with Crippen LogP contribution in [0.25, 0.3) is 0 Å². The summed E-state index contributed by atoms with van der Waals surface area (Å²) >= 11 is 6.03. The quantitative estimate of drug-likeness (QED) is 0.804. The Balaban J connectivity index is 2.28. The molecule has 1 atom stereocenters. The molecule has 106 valence electrons. The van der Waals surface area contributed by atoms with E-state index in [9.17, 15) is 0 Å². The van der Waals surface area contributed by atoms with Gasteiger partial charge in [-0.05, 0) is 50.7 Å². The zero-order valence-corrected chi connectivity index (χ0v) is 12.9. The van der Waals surface area contributed by atoms with Crippen LogP contribution in [0.1, 0.15) is 30.9 Å². The maximum Gasteiger partial charge on any atom is 0.155 e. The van der Waals surface area contributed by atoms with Crippen LogP contribution in [0.4, 0.5) is 5.82 Å². The van der Waals surface area contributed by atoms with E-state index in [-0.39, 0.29) is 0 Å². The van der Waals surface area contributed by atoms with Crippen LogP contribution in [-0.4, -0.2) is 36.5 Å². The Morgan fingerprint density at radius 3 is 2.58 bits per heavy atom. The highest BCUT2D eigenvalue weighted by Crippen LogP contribution is 2.37. The van der Waals surface area contributed by atoms with Crippen LogP contribution in [0.2, 0.25) is 5.15 Å². The minimum atomic E-state index is 0.476. The molecular formula is C14H22ClN3O. The summed E-state index contributed by atoms with van der Waals surface area (Å²) in [6, 6.07) is 0.476. The van der Waals surface area contributed by atoms with Gasteiger partial charge in [-0.15, -0.1) is 10.2 Å².